The molecule has 1 aliphatic heterocycles. The van der Waals surface area contributed by atoms with Crippen LogP contribution in [0.1, 0.15) is 17.2 Å². The van der Waals surface area contributed by atoms with Gasteiger partial charge in [-0.25, -0.2) is 0 Å². The summed E-state index contributed by atoms with van der Waals surface area (Å²) in [5.74, 6) is 2.46. The highest BCUT2D eigenvalue weighted by molar-refractivity contribution is 6.42. The summed E-state index contributed by atoms with van der Waals surface area (Å²) < 4.78 is 22.0. The fourth-order valence-corrected chi connectivity index (χ4v) is 4.47. The fourth-order valence-electron chi connectivity index (χ4n) is 4.05. The molecular weight excluding hydrogens is 477 g/mol. The molecule has 2 atom stereocenters. The molecule has 8 heteroatoms. The number of carbonyl (C=O) groups excluding carboxylic acids is 1. The zero-order valence-corrected chi connectivity index (χ0v) is 20.6. The lowest BCUT2D eigenvalue weighted by atomic mass is 9.89. The molecule has 0 radical (unpaired) electrons. The van der Waals surface area contributed by atoms with E-state index in [-0.39, 0.29) is 11.9 Å². The fraction of sp³-hybridized carbons (Fsp3) is 0.269. The summed E-state index contributed by atoms with van der Waals surface area (Å²) in [6.45, 7) is 0.476. The van der Waals surface area contributed by atoms with Crippen LogP contribution in [0.3, 0.4) is 0 Å². The van der Waals surface area contributed by atoms with Gasteiger partial charge in [0.2, 0.25) is 6.10 Å². The molecule has 0 unspecified atom stereocenters. The summed E-state index contributed by atoms with van der Waals surface area (Å²) in [4.78, 5) is 14.9. The Morgan fingerprint density at radius 1 is 0.853 bits per heavy atom. The molecule has 0 aromatic heterocycles. The quantitative estimate of drug-likeness (QED) is 0.357. The van der Waals surface area contributed by atoms with Crippen molar-refractivity contribution in [3.05, 3.63) is 81.8 Å². The zero-order valence-electron chi connectivity index (χ0n) is 19.1. The van der Waals surface area contributed by atoms with Gasteiger partial charge in [-0.1, -0.05) is 41.4 Å². The smallest absolute Gasteiger partial charge is 0.266 e. The summed E-state index contributed by atoms with van der Waals surface area (Å²) in [6.07, 6.45) is -0.0921. The van der Waals surface area contributed by atoms with Crippen LogP contribution in [0.25, 0.3) is 0 Å². The predicted molar refractivity (Wildman–Crippen MR) is 132 cm³/mol. The summed E-state index contributed by atoms with van der Waals surface area (Å²) in [6, 6.07) is 17.9. The maximum absolute atomic E-state index is 13.2. The second-order valence-corrected chi connectivity index (χ2v) is 8.56. The Bertz CT molecular complexity index is 1170. The van der Waals surface area contributed by atoms with Crippen LogP contribution >= 0.6 is 23.2 Å². The Kier molecular flexibility index (Phi) is 7.39. The normalized spacial score (nSPS) is 17.2. The Morgan fingerprint density at radius 2 is 1.56 bits per heavy atom. The average molecular weight is 502 g/mol. The van der Waals surface area contributed by atoms with Gasteiger partial charge in [-0.3, -0.25) is 4.79 Å². The number of β-lactam (4-membered cyclic amide) rings is 1. The van der Waals surface area contributed by atoms with Crippen molar-refractivity contribution in [3.8, 4) is 23.0 Å². The van der Waals surface area contributed by atoms with Gasteiger partial charge in [0, 0.05) is 6.54 Å². The molecular formula is C26H25Cl2NO5. The molecule has 1 saturated heterocycles. The summed E-state index contributed by atoms with van der Waals surface area (Å²) >= 11 is 12.8. The molecule has 1 amide bonds. The van der Waals surface area contributed by atoms with E-state index in [1.807, 2.05) is 30.3 Å². The van der Waals surface area contributed by atoms with Crippen molar-refractivity contribution >= 4 is 29.1 Å². The molecule has 0 saturated carbocycles. The molecule has 0 bridgehead atoms. The van der Waals surface area contributed by atoms with E-state index < -0.39 is 6.10 Å². The topological polar surface area (TPSA) is 57.2 Å². The highest BCUT2D eigenvalue weighted by Crippen LogP contribution is 2.42. The molecule has 6 nitrogen and oxygen atoms in total. The van der Waals surface area contributed by atoms with Crippen LogP contribution < -0.4 is 18.9 Å². The largest absolute Gasteiger partial charge is 0.497 e. The van der Waals surface area contributed by atoms with Gasteiger partial charge in [-0.05, 0) is 60.0 Å². The first-order valence-corrected chi connectivity index (χ1v) is 11.5. The lowest BCUT2D eigenvalue weighted by molar-refractivity contribution is -0.164. The molecule has 3 aromatic carbocycles. The van der Waals surface area contributed by atoms with Crippen molar-refractivity contribution in [2.75, 3.05) is 27.9 Å². The summed E-state index contributed by atoms with van der Waals surface area (Å²) in [5, 5.41) is 0.850. The molecule has 1 heterocycles. The van der Waals surface area contributed by atoms with Gasteiger partial charge in [0.15, 0.2) is 11.5 Å². The molecule has 0 aliphatic carbocycles. The van der Waals surface area contributed by atoms with Gasteiger partial charge in [0.25, 0.3) is 5.91 Å². The van der Waals surface area contributed by atoms with Crippen molar-refractivity contribution in [2.45, 2.75) is 18.6 Å². The number of likely N-dealkylation sites (tertiary alicyclic amines) is 1. The number of ether oxygens (including phenoxy) is 4. The number of rotatable bonds is 9. The van der Waals surface area contributed by atoms with Gasteiger partial charge < -0.3 is 23.8 Å². The molecule has 178 valence electrons. The van der Waals surface area contributed by atoms with Gasteiger partial charge in [-0.2, -0.15) is 0 Å². The molecule has 1 fully saturated rings. The SMILES string of the molecule is COc1ccc(O[C@H]2C(=O)N(CCc3ccc(OC)c(OC)c3)[C@H]2c2cccc(Cl)c2Cl)cc1. The van der Waals surface area contributed by atoms with Crippen LogP contribution in [-0.4, -0.2) is 44.8 Å². The predicted octanol–water partition coefficient (Wildman–Crippen LogP) is 5.59. The Morgan fingerprint density at radius 3 is 2.24 bits per heavy atom. The van der Waals surface area contributed by atoms with E-state index in [0.29, 0.717) is 46.0 Å². The van der Waals surface area contributed by atoms with E-state index in [1.54, 1.807) is 56.6 Å². The van der Waals surface area contributed by atoms with Crippen LogP contribution in [-0.2, 0) is 11.2 Å². The van der Waals surface area contributed by atoms with E-state index in [4.69, 9.17) is 42.1 Å². The number of hydrogen-bond acceptors (Lipinski definition) is 5. The molecule has 0 N–H and O–H groups in total. The second kappa shape index (κ2) is 10.5. The highest BCUT2D eigenvalue weighted by atomic mass is 35.5. The van der Waals surface area contributed by atoms with Crippen molar-refractivity contribution in [2.24, 2.45) is 0 Å². The Hall–Kier alpha value is -3.09. The molecule has 34 heavy (non-hydrogen) atoms. The van der Waals surface area contributed by atoms with Gasteiger partial charge in [0.05, 0.1) is 31.4 Å². The molecule has 1 aliphatic rings. The lowest BCUT2D eigenvalue weighted by Gasteiger charge is -2.47. The van der Waals surface area contributed by atoms with Crippen LogP contribution in [0.4, 0.5) is 0 Å². The van der Waals surface area contributed by atoms with Gasteiger partial charge in [-0.15, -0.1) is 0 Å². The minimum Gasteiger partial charge on any atom is -0.497 e. The number of benzene rings is 3. The number of halogens is 2. The van der Waals surface area contributed by atoms with Crippen LogP contribution in [0.2, 0.25) is 10.0 Å². The maximum Gasteiger partial charge on any atom is 0.266 e. The van der Waals surface area contributed by atoms with E-state index in [2.05, 4.69) is 0 Å². The molecule has 4 rings (SSSR count). The van der Waals surface area contributed by atoms with Crippen molar-refractivity contribution in [1.29, 1.82) is 0 Å². The molecule has 0 spiro atoms. The van der Waals surface area contributed by atoms with E-state index in [9.17, 15) is 4.79 Å². The number of carbonyl (C=O) groups is 1. The van der Waals surface area contributed by atoms with Crippen molar-refractivity contribution in [1.82, 2.24) is 4.90 Å². The molecule has 3 aromatic rings. The first-order chi connectivity index (χ1) is 16.5. The first kappa shape index (κ1) is 24.0. The number of methoxy groups -OCH3 is 3. The summed E-state index contributed by atoms with van der Waals surface area (Å²) in [5.41, 5.74) is 1.76. The van der Waals surface area contributed by atoms with Gasteiger partial charge >= 0.3 is 0 Å². The minimum atomic E-state index is -0.713. The second-order valence-electron chi connectivity index (χ2n) is 7.77. The number of amides is 1. The third-order valence-corrected chi connectivity index (χ3v) is 6.69. The van der Waals surface area contributed by atoms with Crippen molar-refractivity contribution in [3.63, 3.8) is 0 Å². The average Bonchev–Trinajstić information content (AvgIpc) is 2.87. The number of hydrogen-bond donors (Lipinski definition) is 0. The van der Waals surface area contributed by atoms with Crippen LogP contribution in [0.5, 0.6) is 23.0 Å². The standard InChI is InChI=1S/C26H25Cl2NO5/c1-31-17-8-10-18(11-9-17)34-25-24(19-5-4-6-20(27)23(19)28)29(26(25)30)14-13-16-7-12-21(32-2)22(15-16)33-3/h4-12,15,24-25H,13-14H2,1-3H3/t24-,25+/m0/s1. The number of nitrogens with zero attached hydrogens (tertiary/aromatic N) is 1. The Labute approximate surface area is 208 Å². The third kappa shape index (κ3) is 4.74. The highest BCUT2D eigenvalue weighted by Gasteiger charge is 2.50. The van der Waals surface area contributed by atoms with Gasteiger partial charge in [0.1, 0.15) is 17.5 Å². The maximum atomic E-state index is 13.2. The van der Waals surface area contributed by atoms with E-state index in [0.717, 1.165) is 11.1 Å². The van der Waals surface area contributed by atoms with E-state index >= 15 is 0 Å². The third-order valence-electron chi connectivity index (χ3n) is 5.86. The lowest BCUT2D eigenvalue weighted by Crippen LogP contribution is -2.61. The Balaban J connectivity index is 1.57. The van der Waals surface area contributed by atoms with Crippen molar-refractivity contribution < 1.29 is 23.7 Å². The van der Waals surface area contributed by atoms with E-state index in [1.165, 1.54) is 0 Å². The monoisotopic (exact) mass is 501 g/mol. The minimum absolute atomic E-state index is 0.114. The first-order valence-electron chi connectivity index (χ1n) is 10.7. The summed E-state index contributed by atoms with van der Waals surface area (Å²) in [7, 11) is 4.79. The van der Waals surface area contributed by atoms with Crippen LogP contribution in [0.15, 0.2) is 60.7 Å². The zero-order chi connectivity index (χ0) is 24.2. The van der Waals surface area contributed by atoms with Crippen LogP contribution in [0, 0.1) is 0 Å².